The maximum absolute atomic E-state index is 14.0. The molecule has 1 saturated heterocycles. The number of carbonyl (C=O) groups is 1. The van der Waals surface area contributed by atoms with E-state index in [1.807, 2.05) is 0 Å². The molecule has 2 atom stereocenters. The average Bonchev–Trinajstić information content (AvgIpc) is 2.88. The fourth-order valence-electron chi connectivity index (χ4n) is 4.42. The van der Waals surface area contributed by atoms with Gasteiger partial charge in [0.15, 0.2) is 0 Å². The molecule has 0 aliphatic carbocycles. The van der Waals surface area contributed by atoms with Crippen LogP contribution < -0.4 is 16.2 Å². The van der Waals surface area contributed by atoms with E-state index >= 15 is 0 Å². The molecule has 8 nitrogen and oxygen atoms in total. The van der Waals surface area contributed by atoms with Gasteiger partial charge in [0.2, 0.25) is 17.9 Å². The quantitative estimate of drug-likeness (QED) is 0.373. The number of nitrogen functional groups attached to an aromatic ring is 1. The molecule has 2 aromatic carbocycles. The smallest absolute Gasteiger partial charge is 0.429 e. The normalized spacial score (nSPS) is 16.1. The molecule has 0 radical (unpaired) electrons. The first kappa shape index (κ1) is 27.3. The second-order valence-corrected chi connectivity index (χ2v) is 9.41. The highest BCUT2D eigenvalue weighted by Gasteiger charge is 2.43. The van der Waals surface area contributed by atoms with Crippen molar-refractivity contribution in [3.8, 4) is 17.1 Å². The highest BCUT2D eigenvalue weighted by Crippen LogP contribution is 2.37. The van der Waals surface area contributed by atoms with Crippen LogP contribution in [-0.2, 0) is 17.8 Å². The number of nitrogens with two attached hydrogens (primary N) is 2. The van der Waals surface area contributed by atoms with Crippen molar-refractivity contribution in [3.63, 3.8) is 0 Å². The molecule has 3 aromatic rings. The largest absolute Gasteiger partial charge is 0.480 e. The molecule has 1 aliphatic heterocycles. The SMILES string of the molecule is Nc1nc(OC(c2ccc(CN3CCCCC3)cc2)C(F)(F)F)cc(-c2ccc(C[C@H](N)C(=O)O)cc2)n1. The van der Waals surface area contributed by atoms with E-state index in [0.717, 1.165) is 31.5 Å². The van der Waals surface area contributed by atoms with Crippen molar-refractivity contribution in [2.24, 2.45) is 5.73 Å². The molecule has 11 heteroatoms. The van der Waals surface area contributed by atoms with E-state index in [2.05, 4.69) is 14.9 Å². The number of carboxylic acids is 1. The maximum Gasteiger partial charge on any atom is 0.429 e. The molecule has 38 heavy (non-hydrogen) atoms. The number of nitrogens with zero attached hydrogens (tertiary/aromatic N) is 3. The lowest BCUT2D eigenvalue weighted by atomic mass is 10.0. The maximum atomic E-state index is 14.0. The number of hydrogen-bond donors (Lipinski definition) is 3. The van der Waals surface area contributed by atoms with Crippen LogP contribution in [0, 0.1) is 0 Å². The highest BCUT2D eigenvalue weighted by molar-refractivity contribution is 5.73. The monoisotopic (exact) mass is 529 g/mol. The summed E-state index contributed by atoms with van der Waals surface area (Å²) in [7, 11) is 0. The van der Waals surface area contributed by atoms with Crippen LogP contribution in [0.4, 0.5) is 19.1 Å². The lowest BCUT2D eigenvalue weighted by Crippen LogP contribution is -2.32. The minimum absolute atomic E-state index is 0.0437. The molecular weight excluding hydrogens is 499 g/mol. The zero-order valence-corrected chi connectivity index (χ0v) is 20.7. The third-order valence-corrected chi connectivity index (χ3v) is 6.42. The van der Waals surface area contributed by atoms with E-state index in [4.69, 9.17) is 21.3 Å². The van der Waals surface area contributed by atoms with Crippen LogP contribution >= 0.6 is 0 Å². The zero-order chi connectivity index (χ0) is 27.3. The Balaban J connectivity index is 1.52. The van der Waals surface area contributed by atoms with Crippen molar-refractivity contribution >= 4 is 11.9 Å². The second-order valence-electron chi connectivity index (χ2n) is 9.41. The summed E-state index contributed by atoms with van der Waals surface area (Å²) >= 11 is 0. The van der Waals surface area contributed by atoms with Crippen molar-refractivity contribution < 1.29 is 27.8 Å². The molecule has 2 heterocycles. The van der Waals surface area contributed by atoms with E-state index < -0.39 is 24.3 Å². The number of aromatic nitrogens is 2. The molecule has 5 N–H and O–H groups in total. The first-order valence-corrected chi connectivity index (χ1v) is 12.4. The first-order chi connectivity index (χ1) is 18.1. The van der Waals surface area contributed by atoms with E-state index in [0.29, 0.717) is 17.7 Å². The minimum Gasteiger partial charge on any atom is -0.480 e. The van der Waals surface area contributed by atoms with E-state index in [1.54, 1.807) is 36.4 Å². The summed E-state index contributed by atoms with van der Waals surface area (Å²) < 4.78 is 47.5. The van der Waals surface area contributed by atoms with Gasteiger partial charge in [-0.3, -0.25) is 9.69 Å². The number of aliphatic carboxylic acids is 1. The molecule has 0 amide bonds. The summed E-state index contributed by atoms with van der Waals surface area (Å²) in [6, 6.07) is 13.1. The van der Waals surface area contributed by atoms with Crippen LogP contribution in [-0.4, -0.2) is 51.3 Å². The minimum atomic E-state index is -4.70. The highest BCUT2D eigenvalue weighted by atomic mass is 19.4. The molecule has 0 bridgehead atoms. The molecule has 0 spiro atoms. The Bertz CT molecular complexity index is 1230. The lowest BCUT2D eigenvalue weighted by molar-refractivity contribution is -0.198. The van der Waals surface area contributed by atoms with Crippen LogP contribution in [0.5, 0.6) is 5.88 Å². The van der Waals surface area contributed by atoms with Crippen LogP contribution in [0.1, 0.15) is 42.1 Å². The Morgan fingerprint density at radius 1 is 1.00 bits per heavy atom. The fraction of sp³-hybridized carbons (Fsp3) is 0.370. The van der Waals surface area contributed by atoms with Crippen LogP contribution in [0.2, 0.25) is 0 Å². The number of carboxylic acid groups (broad SMARTS) is 1. The zero-order valence-electron chi connectivity index (χ0n) is 20.7. The van der Waals surface area contributed by atoms with Crippen LogP contribution in [0.25, 0.3) is 11.3 Å². The Morgan fingerprint density at radius 3 is 2.24 bits per heavy atom. The Hall–Kier alpha value is -3.70. The summed E-state index contributed by atoms with van der Waals surface area (Å²) in [5.41, 5.74) is 13.7. The van der Waals surface area contributed by atoms with Gasteiger partial charge in [0.25, 0.3) is 0 Å². The van der Waals surface area contributed by atoms with Gasteiger partial charge < -0.3 is 21.3 Å². The molecule has 4 rings (SSSR count). The third-order valence-electron chi connectivity index (χ3n) is 6.42. The van der Waals surface area contributed by atoms with Gasteiger partial charge in [-0.15, -0.1) is 0 Å². The number of ether oxygens (including phenoxy) is 1. The third kappa shape index (κ3) is 7.20. The fourth-order valence-corrected chi connectivity index (χ4v) is 4.42. The van der Waals surface area contributed by atoms with Gasteiger partial charge in [0, 0.05) is 23.7 Å². The van der Waals surface area contributed by atoms with Crippen LogP contribution in [0.15, 0.2) is 54.6 Å². The van der Waals surface area contributed by atoms with Gasteiger partial charge in [-0.1, -0.05) is 55.0 Å². The van der Waals surface area contributed by atoms with Crippen molar-refractivity contribution in [1.82, 2.24) is 14.9 Å². The molecule has 1 unspecified atom stereocenters. The molecule has 202 valence electrons. The van der Waals surface area contributed by atoms with Gasteiger partial charge in [-0.05, 0) is 43.5 Å². The number of alkyl halides is 3. The number of piperidine rings is 1. The topological polar surface area (TPSA) is 128 Å². The van der Waals surface area contributed by atoms with E-state index in [1.165, 1.54) is 24.6 Å². The van der Waals surface area contributed by atoms with Gasteiger partial charge in [0.05, 0.1) is 5.69 Å². The molecule has 0 saturated carbocycles. The average molecular weight is 530 g/mol. The van der Waals surface area contributed by atoms with Crippen molar-refractivity contribution in [2.75, 3.05) is 18.8 Å². The van der Waals surface area contributed by atoms with Crippen molar-refractivity contribution in [1.29, 1.82) is 0 Å². The van der Waals surface area contributed by atoms with Gasteiger partial charge >= 0.3 is 12.1 Å². The molecular formula is C27H30F3N5O3. The van der Waals surface area contributed by atoms with Gasteiger partial charge in [0.1, 0.15) is 6.04 Å². The standard InChI is InChI=1S/C27H30F3N5O3/c28-27(29,30)24(20-10-6-18(7-11-20)16-35-12-2-1-3-13-35)38-23-15-22(33-26(32)34-23)19-8-4-17(5-9-19)14-21(31)25(36)37/h4-11,15,21,24H,1-3,12-14,16,31H2,(H,36,37)(H2,32,33,34)/t21-,24?/m0/s1. The van der Waals surface area contributed by atoms with E-state index in [-0.39, 0.29) is 29.5 Å². The van der Waals surface area contributed by atoms with Crippen molar-refractivity contribution in [2.45, 2.75) is 50.6 Å². The number of benzene rings is 2. The number of halogens is 3. The van der Waals surface area contributed by atoms with E-state index in [9.17, 15) is 18.0 Å². The molecule has 1 aliphatic rings. The summed E-state index contributed by atoms with van der Waals surface area (Å²) in [4.78, 5) is 21.3. The predicted octanol–water partition coefficient (Wildman–Crippen LogP) is 4.35. The Kier molecular flexibility index (Phi) is 8.48. The Labute approximate surface area is 218 Å². The first-order valence-electron chi connectivity index (χ1n) is 12.4. The summed E-state index contributed by atoms with van der Waals surface area (Å²) in [5.74, 6) is -1.67. The Morgan fingerprint density at radius 2 is 1.63 bits per heavy atom. The molecule has 1 fully saturated rings. The number of likely N-dealkylation sites (tertiary alicyclic amines) is 1. The van der Waals surface area contributed by atoms with Gasteiger partial charge in [-0.2, -0.15) is 18.2 Å². The summed E-state index contributed by atoms with van der Waals surface area (Å²) in [6.07, 6.45) is -3.33. The second kappa shape index (κ2) is 11.8. The van der Waals surface area contributed by atoms with Crippen LogP contribution in [0.3, 0.4) is 0 Å². The number of rotatable bonds is 9. The number of hydrogen-bond acceptors (Lipinski definition) is 7. The van der Waals surface area contributed by atoms with Gasteiger partial charge in [-0.25, -0.2) is 4.98 Å². The summed E-state index contributed by atoms with van der Waals surface area (Å²) in [5, 5.41) is 8.98. The van der Waals surface area contributed by atoms with Crippen molar-refractivity contribution in [3.05, 3.63) is 71.3 Å². The lowest BCUT2D eigenvalue weighted by Gasteiger charge is -2.26. The molecule has 1 aromatic heterocycles. The summed E-state index contributed by atoms with van der Waals surface area (Å²) in [6.45, 7) is 2.68. The predicted molar refractivity (Wildman–Crippen MR) is 136 cm³/mol. The number of anilines is 1.